The third-order valence-electron chi connectivity index (χ3n) is 5.48. The number of amides is 1. The lowest BCUT2D eigenvalue weighted by molar-refractivity contribution is 0.0930. The highest BCUT2D eigenvalue weighted by Crippen LogP contribution is 2.22. The first-order chi connectivity index (χ1) is 13.8. The van der Waals surface area contributed by atoms with Crippen LogP contribution in [0.4, 0.5) is 5.69 Å². The molecule has 5 nitrogen and oxygen atoms in total. The van der Waals surface area contributed by atoms with E-state index in [4.69, 9.17) is 0 Å². The summed E-state index contributed by atoms with van der Waals surface area (Å²) in [4.78, 5) is 12.9. The fourth-order valence-corrected chi connectivity index (χ4v) is 5.06. The van der Waals surface area contributed by atoms with Gasteiger partial charge < -0.3 is 5.32 Å². The Morgan fingerprint density at radius 3 is 2.17 bits per heavy atom. The lowest BCUT2D eigenvalue weighted by Gasteiger charge is -2.21. The zero-order valence-electron chi connectivity index (χ0n) is 17.2. The standard InChI is InChI=1S/C23H30N2O3S/c1-17-10-14-21(15-11-17)25-29(27,28)22-16-19(13-12-18(22)2)23(26)24-20-8-6-4-3-5-7-9-20/h10-16,20,25H,3-9H2,1-2H3,(H,24,26). The van der Waals surface area contributed by atoms with Gasteiger partial charge in [0.1, 0.15) is 0 Å². The smallest absolute Gasteiger partial charge is 0.262 e. The van der Waals surface area contributed by atoms with Gasteiger partial charge in [0, 0.05) is 17.3 Å². The van der Waals surface area contributed by atoms with Crippen LogP contribution in [0, 0.1) is 13.8 Å². The Bertz CT molecular complexity index is 945. The third kappa shape index (κ3) is 5.82. The summed E-state index contributed by atoms with van der Waals surface area (Å²) < 4.78 is 28.4. The van der Waals surface area contributed by atoms with Crippen LogP contribution in [-0.4, -0.2) is 20.4 Å². The molecule has 0 bridgehead atoms. The molecule has 0 radical (unpaired) electrons. The van der Waals surface area contributed by atoms with Gasteiger partial charge in [-0.05, 0) is 56.5 Å². The Kier molecular flexibility index (Phi) is 6.96. The summed E-state index contributed by atoms with van der Waals surface area (Å²) in [7, 11) is -3.79. The second-order valence-corrected chi connectivity index (χ2v) is 9.62. The Labute approximate surface area is 174 Å². The molecule has 2 aromatic carbocycles. The van der Waals surface area contributed by atoms with Crippen LogP contribution in [0.5, 0.6) is 0 Å². The molecule has 0 aliphatic heterocycles. The van der Waals surface area contributed by atoms with Crippen molar-refractivity contribution >= 4 is 21.6 Å². The lowest BCUT2D eigenvalue weighted by atomic mass is 9.96. The number of sulfonamides is 1. The average Bonchev–Trinajstić information content (AvgIpc) is 2.65. The van der Waals surface area contributed by atoms with Gasteiger partial charge in [0.15, 0.2) is 0 Å². The highest BCUT2D eigenvalue weighted by molar-refractivity contribution is 7.92. The number of nitrogens with one attached hydrogen (secondary N) is 2. The first kappa shape index (κ1) is 21.4. The van der Waals surface area contributed by atoms with Crippen molar-refractivity contribution in [2.24, 2.45) is 0 Å². The van der Waals surface area contributed by atoms with Gasteiger partial charge in [0.05, 0.1) is 4.90 Å². The zero-order chi connectivity index (χ0) is 20.9. The molecule has 0 unspecified atom stereocenters. The molecule has 1 aliphatic rings. The van der Waals surface area contributed by atoms with Crippen LogP contribution < -0.4 is 10.0 Å². The number of hydrogen-bond acceptors (Lipinski definition) is 3. The number of benzene rings is 2. The van der Waals surface area contributed by atoms with Crippen molar-refractivity contribution in [3.8, 4) is 0 Å². The summed E-state index contributed by atoms with van der Waals surface area (Å²) in [5.74, 6) is -0.206. The Morgan fingerprint density at radius 2 is 1.52 bits per heavy atom. The van der Waals surface area contributed by atoms with E-state index in [1.54, 1.807) is 31.2 Å². The van der Waals surface area contributed by atoms with Crippen LogP contribution >= 0.6 is 0 Å². The molecule has 156 valence electrons. The van der Waals surface area contributed by atoms with Crippen LogP contribution in [-0.2, 0) is 10.0 Å². The minimum absolute atomic E-state index is 0.128. The van der Waals surface area contributed by atoms with Crippen molar-refractivity contribution < 1.29 is 13.2 Å². The van der Waals surface area contributed by atoms with E-state index >= 15 is 0 Å². The quantitative estimate of drug-likeness (QED) is 0.727. The van der Waals surface area contributed by atoms with Gasteiger partial charge in [-0.15, -0.1) is 0 Å². The molecular formula is C23H30N2O3S. The van der Waals surface area contributed by atoms with Gasteiger partial charge >= 0.3 is 0 Å². The largest absolute Gasteiger partial charge is 0.349 e. The van der Waals surface area contributed by atoms with E-state index in [2.05, 4.69) is 10.0 Å². The van der Waals surface area contributed by atoms with Crippen molar-refractivity contribution in [2.75, 3.05) is 4.72 Å². The van der Waals surface area contributed by atoms with Crippen molar-refractivity contribution in [3.63, 3.8) is 0 Å². The number of aryl methyl sites for hydroxylation is 2. The summed E-state index contributed by atoms with van der Waals surface area (Å²) >= 11 is 0. The summed E-state index contributed by atoms with van der Waals surface area (Å²) in [6, 6.07) is 12.2. The molecule has 0 aromatic heterocycles. The molecule has 2 aromatic rings. The third-order valence-corrected chi connectivity index (χ3v) is 7.01. The van der Waals surface area contributed by atoms with E-state index in [1.807, 2.05) is 19.1 Å². The Hall–Kier alpha value is -2.34. The summed E-state index contributed by atoms with van der Waals surface area (Å²) in [6.45, 7) is 3.68. The minimum atomic E-state index is -3.79. The monoisotopic (exact) mass is 414 g/mol. The van der Waals surface area contributed by atoms with Crippen molar-refractivity contribution in [1.82, 2.24) is 5.32 Å². The maximum atomic E-state index is 12.9. The second kappa shape index (κ2) is 9.44. The van der Waals surface area contributed by atoms with Crippen LogP contribution in [0.15, 0.2) is 47.4 Å². The van der Waals surface area contributed by atoms with Crippen LogP contribution in [0.25, 0.3) is 0 Å². The summed E-state index contributed by atoms with van der Waals surface area (Å²) in [5.41, 5.74) is 2.53. The molecule has 6 heteroatoms. The number of rotatable bonds is 5. The average molecular weight is 415 g/mol. The highest BCUT2D eigenvalue weighted by atomic mass is 32.2. The van der Waals surface area contributed by atoms with E-state index in [-0.39, 0.29) is 16.8 Å². The van der Waals surface area contributed by atoms with Gasteiger partial charge in [-0.1, -0.05) is 55.9 Å². The molecule has 0 saturated heterocycles. The fraction of sp³-hybridized carbons (Fsp3) is 0.435. The number of carbonyl (C=O) groups excluding carboxylic acids is 1. The molecule has 1 amide bonds. The maximum Gasteiger partial charge on any atom is 0.262 e. The van der Waals surface area contributed by atoms with Crippen LogP contribution in [0.2, 0.25) is 0 Å². The van der Waals surface area contributed by atoms with Crippen molar-refractivity contribution in [1.29, 1.82) is 0 Å². The van der Waals surface area contributed by atoms with Crippen molar-refractivity contribution in [2.45, 2.75) is 69.7 Å². The first-order valence-electron chi connectivity index (χ1n) is 10.4. The van der Waals surface area contributed by atoms with Crippen LogP contribution in [0.3, 0.4) is 0 Å². The lowest BCUT2D eigenvalue weighted by Crippen LogP contribution is -2.35. The molecule has 1 fully saturated rings. The zero-order valence-corrected chi connectivity index (χ0v) is 18.0. The molecule has 1 aliphatic carbocycles. The van der Waals surface area contributed by atoms with E-state index in [0.717, 1.165) is 31.2 Å². The molecule has 3 rings (SSSR count). The summed E-state index contributed by atoms with van der Waals surface area (Å²) in [6.07, 6.45) is 7.91. The SMILES string of the molecule is Cc1ccc(NS(=O)(=O)c2cc(C(=O)NC3CCCCCCC3)ccc2C)cc1. The van der Waals surface area contributed by atoms with E-state index in [0.29, 0.717) is 16.8 Å². The highest BCUT2D eigenvalue weighted by Gasteiger charge is 2.21. The Morgan fingerprint density at radius 1 is 0.897 bits per heavy atom. The molecule has 2 N–H and O–H groups in total. The molecule has 1 saturated carbocycles. The first-order valence-corrected chi connectivity index (χ1v) is 11.8. The number of anilines is 1. The van der Waals surface area contributed by atoms with Gasteiger partial charge in [0.25, 0.3) is 15.9 Å². The van der Waals surface area contributed by atoms with E-state index in [9.17, 15) is 13.2 Å². The predicted octanol–water partition coefficient (Wildman–Crippen LogP) is 4.95. The summed E-state index contributed by atoms with van der Waals surface area (Å²) in [5, 5.41) is 3.10. The minimum Gasteiger partial charge on any atom is -0.349 e. The maximum absolute atomic E-state index is 12.9. The van der Waals surface area contributed by atoms with Gasteiger partial charge in [0.2, 0.25) is 0 Å². The molecular weight excluding hydrogens is 384 g/mol. The second-order valence-electron chi connectivity index (χ2n) is 7.97. The molecule has 0 atom stereocenters. The normalized spacial score (nSPS) is 15.9. The topological polar surface area (TPSA) is 75.3 Å². The predicted molar refractivity (Wildman–Crippen MR) is 117 cm³/mol. The number of hydrogen-bond donors (Lipinski definition) is 2. The fourth-order valence-electron chi connectivity index (χ4n) is 3.73. The van der Waals surface area contributed by atoms with Gasteiger partial charge in [-0.2, -0.15) is 0 Å². The Balaban J connectivity index is 1.77. The number of carbonyl (C=O) groups is 1. The molecule has 29 heavy (non-hydrogen) atoms. The van der Waals surface area contributed by atoms with Crippen molar-refractivity contribution in [3.05, 3.63) is 59.2 Å². The van der Waals surface area contributed by atoms with Gasteiger partial charge in [-0.3, -0.25) is 9.52 Å². The molecule has 0 heterocycles. The van der Waals surface area contributed by atoms with Crippen LogP contribution in [0.1, 0.15) is 66.4 Å². The molecule has 0 spiro atoms. The van der Waals surface area contributed by atoms with E-state index < -0.39 is 10.0 Å². The van der Waals surface area contributed by atoms with Gasteiger partial charge in [-0.25, -0.2) is 8.42 Å². The van der Waals surface area contributed by atoms with E-state index in [1.165, 1.54) is 25.3 Å².